The van der Waals surface area contributed by atoms with E-state index in [4.69, 9.17) is 11.6 Å². The maximum atomic E-state index is 11.7. The van der Waals surface area contributed by atoms with Gasteiger partial charge in [0.25, 0.3) is 5.24 Å². The second-order valence-corrected chi connectivity index (χ2v) is 5.44. The molecule has 1 saturated heterocycles. The van der Waals surface area contributed by atoms with Crippen LogP contribution in [-0.4, -0.2) is 51.7 Å². The first kappa shape index (κ1) is 16.2. The fourth-order valence-electron chi connectivity index (χ4n) is 1.62. The SMILES string of the molecule is O=C(NCCN1C(=O)CSC1=O)C(=O)Nc1cccnc1Cl. The van der Waals surface area contributed by atoms with Crippen molar-refractivity contribution < 1.29 is 19.2 Å². The van der Waals surface area contributed by atoms with Crippen LogP contribution in [0.15, 0.2) is 18.3 Å². The fourth-order valence-corrected chi connectivity index (χ4v) is 2.54. The lowest BCUT2D eigenvalue weighted by molar-refractivity contribution is -0.136. The number of rotatable bonds is 4. The number of carbonyl (C=O) groups excluding carboxylic acids is 4. The molecule has 1 aliphatic rings. The van der Waals surface area contributed by atoms with E-state index < -0.39 is 11.8 Å². The van der Waals surface area contributed by atoms with Crippen LogP contribution < -0.4 is 10.6 Å². The molecule has 1 aromatic heterocycles. The Morgan fingerprint density at radius 1 is 1.36 bits per heavy atom. The number of carbonyl (C=O) groups is 4. The second kappa shape index (κ2) is 7.23. The smallest absolute Gasteiger partial charge is 0.313 e. The van der Waals surface area contributed by atoms with E-state index in [9.17, 15) is 19.2 Å². The maximum absolute atomic E-state index is 11.7. The van der Waals surface area contributed by atoms with Gasteiger partial charge in [0.15, 0.2) is 5.15 Å². The van der Waals surface area contributed by atoms with Gasteiger partial charge in [0.1, 0.15) is 0 Å². The van der Waals surface area contributed by atoms with Gasteiger partial charge in [-0.3, -0.25) is 24.1 Å². The minimum absolute atomic E-state index is 0.00886. The van der Waals surface area contributed by atoms with Gasteiger partial charge in [-0.15, -0.1) is 0 Å². The highest BCUT2D eigenvalue weighted by Gasteiger charge is 2.29. The topological polar surface area (TPSA) is 108 Å². The predicted molar refractivity (Wildman–Crippen MR) is 80.5 cm³/mol. The van der Waals surface area contributed by atoms with Crippen LogP contribution in [0.4, 0.5) is 10.5 Å². The number of aromatic nitrogens is 1. The van der Waals surface area contributed by atoms with Crippen LogP contribution in [0.3, 0.4) is 0 Å². The minimum Gasteiger partial charge on any atom is -0.346 e. The summed E-state index contributed by atoms with van der Waals surface area (Å²) in [7, 11) is 0. The van der Waals surface area contributed by atoms with Gasteiger partial charge in [-0.1, -0.05) is 23.4 Å². The molecular weight excluding hydrogens is 332 g/mol. The molecule has 2 heterocycles. The molecule has 22 heavy (non-hydrogen) atoms. The lowest BCUT2D eigenvalue weighted by Crippen LogP contribution is -2.41. The van der Waals surface area contributed by atoms with Crippen molar-refractivity contribution in [1.82, 2.24) is 15.2 Å². The van der Waals surface area contributed by atoms with Crippen LogP contribution in [-0.2, 0) is 14.4 Å². The van der Waals surface area contributed by atoms with E-state index in [1.165, 1.54) is 12.3 Å². The summed E-state index contributed by atoms with van der Waals surface area (Å²) in [5.74, 6) is -2.02. The average molecular weight is 343 g/mol. The molecule has 0 radical (unpaired) electrons. The van der Waals surface area contributed by atoms with E-state index in [0.717, 1.165) is 16.7 Å². The number of nitrogens with one attached hydrogen (secondary N) is 2. The zero-order chi connectivity index (χ0) is 16.1. The summed E-state index contributed by atoms with van der Waals surface area (Å²) in [6, 6.07) is 3.06. The number of anilines is 1. The first-order chi connectivity index (χ1) is 10.5. The van der Waals surface area contributed by atoms with Gasteiger partial charge in [0, 0.05) is 19.3 Å². The number of hydrogen-bond donors (Lipinski definition) is 2. The number of hydrogen-bond acceptors (Lipinski definition) is 6. The Bertz CT molecular complexity index is 623. The van der Waals surface area contributed by atoms with Gasteiger partial charge >= 0.3 is 11.8 Å². The van der Waals surface area contributed by atoms with Gasteiger partial charge in [-0.25, -0.2) is 4.98 Å². The number of nitrogens with zero attached hydrogens (tertiary/aromatic N) is 2. The van der Waals surface area contributed by atoms with Crippen molar-refractivity contribution in [2.24, 2.45) is 0 Å². The van der Waals surface area contributed by atoms with Gasteiger partial charge in [0.2, 0.25) is 5.91 Å². The molecule has 1 aliphatic heterocycles. The van der Waals surface area contributed by atoms with Crippen molar-refractivity contribution in [3.8, 4) is 0 Å². The normalized spacial score (nSPS) is 14.1. The summed E-state index contributed by atoms with van der Waals surface area (Å²) in [4.78, 5) is 50.7. The Hall–Kier alpha value is -2.13. The van der Waals surface area contributed by atoms with E-state index >= 15 is 0 Å². The Labute approximate surface area is 134 Å². The number of pyridine rings is 1. The largest absolute Gasteiger partial charge is 0.346 e. The number of imide groups is 1. The summed E-state index contributed by atoms with van der Waals surface area (Å²) in [6.07, 6.45) is 1.44. The Morgan fingerprint density at radius 3 is 2.77 bits per heavy atom. The Balaban J connectivity index is 1.80. The molecule has 0 atom stereocenters. The van der Waals surface area contributed by atoms with Crippen LogP contribution in [0, 0.1) is 0 Å². The standard InChI is InChI=1S/C12H11ClN4O4S/c13-9-7(2-1-3-14-9)16-11(20)10(19)15-4-5-17-8(18)6-22-12(17)21/h1-3H,4-6H2,(H,15,19)(H,16,20). The summed E-state index contributed by atoms with van der Waals surface area (Å²) in [5, 5.41) is 4.34. The van der Waals surface area contributed by atoms with Crippen LogP contribution in [0.25, 0.3) is 0 Å². The van der Waals surface area contributed by atoms with Crippen molar-refractivity contribution in [2.45, 2.75) is 0 Å². The lowest BCUT2D eigenvalue weighted by atomic mass is 10.4. The molecule has 1 fully saturated rings. The fraction of sp³-hybridized carbons (Fsp3) is 0.250. The molecular formula is C12H11ClN4O4S. The van der Waals surface area contributed by atoms with Gasteiger partial charge in [0.05, 0.1) is 11.4 Å². The van der Waals surface area contributed by atoms with Gasteiger partial charge in [-0.05, 0) is 12.1 Å². The van der Waals surface area contributed by atoms with Gasteiger partial charge in [-0.2, -0.15) is 0 Å². The van der Waals surface area contributed by atoms with E-state index in [2.05, 4.69) is 15.6 Å². The van der Waals surface area contributed by atoms with Crippen LogP contribution in [0.5, 0.6) is 0 Å². The first-order valence-electron chi connectivity index (χ1n) is 6.16. The first-order valence-corrected chi connectivity index (χ1v) is 7.52. The lowest BCUT2D eigenvalue weighted by Gasteiger charge is -2.13. The molecule has 0 aliphatic carbocycles. The minimum atomic E-state index is -0.914. The van der Waals surface area contributed by atoms with Crippen molar-refractivity contribution in [3.05, 3.63) is 23.5 Å². The molecule has 0 aromatic carbocycles. The third-order valence-corrected chi connectivity index (χ3v) is 3.83. The number of thioether (sulfide) groups is 1. The highest BCUT2D eigenvalue weighted by Crippen LogP contribution is 2.18. The number of halogens is 1. The molecule has 2 rings (SSSR count). The molecule has 4 amide bonds. The van der Waals surface area contributed by atoms with E-state index in [-0.39, 0.29) is 40.8 Å². The Morgan fingerprint density at radius 2 is 2.14 bits per heavy atom. The summed E-state index contributed by atoms with van der Waals surface area (Å²) in [6.45, 7) is 0.0163. The van der Waals surface area contributed by atoms with E-state index in [1.807, 2.05) is 0 Å². The summed E-state index contributed by atoms with van der Waals surface area (Å²) in [5.41, 5.74) is 0.214. The third kappa shape index (κ3) is 3.95. The zero-order valence-corrected chi connectivity index (χ0v) is 12.7. The van der Waals surface area contributed by atoms with Crippen LogP contribution >= 0.6 is 23.4 Å². The molecule has 116 valence electrons. The molecule has 1 aromatic rings. The molecule has 2 N–H and O–H groups in total. The van der Waals surface area contributed by atoms with E-state index in [0.29, 0.717) is 0 Å². The molecule has 0 spiro atoms. The quantitative estimate of drug-likeness (QED) is 0.608. The highest BCUT2D eigenvalue weighted by atomic mass is 35.5. The monoisotopic (exact) mass is 342 g/mol. The van der Waals surface area contributed by atoms with Crippen molar-refractivity contribution in [1.29, 1.82) is 0 Å². The third-order valence-electron chi connectivity index (χ3n) is 2.68. The summed E-state index contributed by atoms with van der Waals surface area (Å²) < 4.78 is 0. The van der Waals surface area contributed by atoms with Crippen molar-refractivity contribution in [3.63, 3.8) is 0 Å². The molecule has 0 unspecified atom stereocenters. The predicted octanol–water partition coefficient (Wildman–Crippen LogP) is 0.485. The van der Waals surface area contributed by atoms with Crippen LogP contribution in [0.1, 0.15) is 0 Å². The van der Waals surface area contributed by atoms with Crippen molar-refractivity contribution in [2.75, 3.05) is 24.2 Å². The average Bonchev–Trinajstić information content (AvgIpc) is 2.81. The molecule has 8 nitrogen and oxygen atoms in total. The zero-order valence-electron chi connectivity index (χ0n) is 11.2. The number of amides is 4. The van der Waals surface area contributed by atoms with Gasteiger partial charge < -0.3 is 10.6 Å². The molecule has 0 saturated carbocycles. The maximum Gasteiger partial charge on any atom is 0.313 e. The Kier molecular flexibility index (Phi) is 5.34. The highest BCUT2D eigenvalue weighted by molar-refractivity contribution is 8.14. The second-order valence-electron chi connectivity index (χ2n) is 4.15. The summed E-state index contributed by atoms with van der Waals surface area (Å²) >= 11 is 6.66. The van der Waals surface area contributed by atoms with Crippen LogP contribution in [0.2, 0.25) is 5.15 Å². The molecule has 10 heteroatoms. The van der Waals surface area contributed by atoms with E-state index in [1.54, 1.807) is 6.07 Å². The van der Waals surface area contributed by atoms with Crippen molar-refractivity contribution >= 4 is 52.0 Å². The molecule has 0 bridgehead atoms.